The highest BCUT2D eigenvalue weighted by Crippen LogP contribution is 2.37. The molecule has 94 valence electrons. The second-order valence-corrected chi connectivity index (χ2v) is 5.76. The van der Waals surface area contributed by atoms with E-state index in [9.17, 15) is 5.11 Å². The molecule has 1 saturated heterocycles. The molecule has 1 aliphatic heterocycles. The van der Waals surface area contributed by atoms with Gasteiger partial charge in [-0.25, -0.2) is 0 Å². The maximum Gasteiger partial charge on any atom is 0.0924 e. The van der Waals surface area contributed by atoms with E-state index in [-0.39, 0.29) is 0 Å². The number of hydrogen-bond acceptors (Lipinski definition) is 2. The van der Waals surface area contributed by atoms with E-state index in [4.69, 9.17) is 23.2 Å². The molecule has 0 amide bonds. The minimum Gasteiger partial charge on any atom is -0.385 e. The smallest absolute Gasteiger partial charge is 0.0924 e. The number of nitrogens with zero attached hydrogens (tertiary/aromatic N) is 1. The van der Waals surface area contributed by atoms with Crippen molar-refractivity contribution in [1.29, 1.82) is 0 Å². The normalized spacial score (nSPS) is 30.5. The van der Waals surface area contributed by atoms with Crippen LogP contribution in [0.3, 0.4) is 0 Å². The molecule has 1 heterocycles. The number of rotatable bonds is 1. The number of likely N-dealkylation sites (tertiary alicyclic amines) is 1. The SMILES string of the molecule is CC1CC(O)(c2ccc(Cl)c(Cl)c2)CCN1C. The minimum absolute atomic E-state index is 0.364. The van der Waals surface area contributed by atoms with Crippen LogP contribution in [0, 0.1) is 0 Å². The highest BCUT2D eigenvalue weighted by atomic mass is 35.5. The van der Waals surface area contributed by atoms with Crippen molar-refractivity contribution in [3.63, 3.8) is 0 Å². The Morgan fingerprint density at radius 3 is 2.65 bits per heavy atom. The first-order chi connectivity index (χ1) is 7.92. The van der Waals surface area contributed by atoms with Gasteiger partial charge in [0.05, 0.1) is 15.6 Å². The maximum atomic E-state index is 10.7. The average Bonchev–Trinajstić information content (AvgIpc) is 2.28. The Morgan fingerprint density at radius 2 is 2.06 bits per heavy atom. The third-order valence-corrected chi connectivity index (χ3v) is 4.46. The molecule has 2 nitrogen and oxygen atoms in total. The molecule has 0 radical (unpaired) electrons. The molecule has 0 spiro atoms. The molecule has 2 unspecified atom stereocenters. The second-order valence-electron chi connectivity index (χ2n) is 4.94. The summed E-state index contributed by atoms with van der Waals surface area (Å²) in [6.45, 7) is 3.01. The molecule has 1 N–H and O–H groups in total. The fourth-order valence-electron chi connectivity index (χ4n) is 2.38. The average molecular weight is 274 g/mol. The lowest BCUT2D eigenvalue weighted by Crippen LogP contribution is -2.45. The molecule has 2 atom stereocenters. The van der Waals surface area contributed by atoms with Crippen LogP contribution in [-0.2, 0) is 5.60 Å². The van der Waals surface area contributed by atoms with Gasteiger partial charge in [-0.05, 0) is 44.5 Å². The molecular weight excluding hydrogens is 257 g/mol. The number of hydrogen-bond donors (Lipinski definition) is 1. The zero-order valence-corrected chi connectivity index (χ0v) is 11.6. The van der Waals surface area contributed by atoms with Gasteiger partial charge in [0.1, 0.15) is 0 Å². The summed E-state index contributed by atoms with van der Waals surface area (Å²) in [6.07, 6.45) is 1.45. The molecule has 1 aromatic rings. The minimum atomic E-state index is -0.778. The second kappa shape index (κ2) is 4.77. The van der Waals surface area contributed by atoms with E-state index in [1.807, 2.05) is 6.07 Å². The Hall–Kier alpha value is -0.280. The van der Waals surface area contributed by atoms with Crippen molar-refractivity contribution >= 4 is 23.2 Å². The van der Waals surface area contributed by atoms with Crippen molar-refractivity contribution in [3.05, 3.63) is 33.8 Å². The van der Waals surface area contributed by atoms with Gasteiger partial charge in [-0.3, -0.25) is 0 Å². The van der Waals surface area contributed by atoms with E-state index in [2.05, 4.69) is 18.9 Å². The summed E-state index contributed by atoms with van der Waals surface area (Å²) in [6, 6.07) is 5.76. The van der Waals surface area contributed by atoms with Crippen LogP contribution < -0.4 is 0 Å². The van der Waals surface area contributed by atoms with E-state index >= 15 is 0 Å². The van der Waals surface area contributed by atoms with Gasteiger partial charge in [0.2, 0.25) is 0 Å². The van der Waals surface area contributed by atoms with Crippen LogP contribution in [0.15, 0.2) is 18.2 Å². The quantitative estimate of drug-likeness (QED) is 0.849. The van der Waals surface area contributed by atoms with Crippen LogP contribution in [-0.4, -0.2) is 29.6 Å². The van der Waals surface area contributed by atoms with Gasteiger partial charge in [0, 0.05) is 12.6 Å². The molecule has 0 saturated carbocycles. The number of halogens is 2. The van der Waals surface area contributed by atoms with E-state index in [0.29, 0.717) is 16.1 Å². The van der Waals surface area contributed by atoms with E-state index < -0.39 is 5.60 Å². The van der Waals surface area contributed by atoms with Crippen LogP contribution in [0.2, 0.25) is 10.0 Å². The summed E-state index contributed by atoms with van der Waals surface area (Å²) in [5.41, 5.74) is 0.0898. The van der Waals surface area contributed by atoms with Gasteiger partial charge >= 0.3 is 0 Å². The monoisotopic (exact) mass is 273 g/mol. The molecular formula is C13H17Cl2NO. The molecule has 17 heavy (non-hydrogen) atoms. The van der Waals surface area contributed by atoms with E-state index in [1.54, 1.807) is 12.1 Å². The lowest BCUT2D eigenvalue weighted by Gasteiger charge is -2.41. The van der Waals surface area contributed by atoms with Crippen molar-refractivity contribution in [2.75, 3.05) is 13.6 Å². The van der Waals surface area contributed by atoms with Crippen LogP contribution in [0.25, 0.3) is 0 Å². The zero-order valence-electron chi connectivity index (χ0n) is 10.1. The zero-order chi connectivity index (χ0) is 12.6. The summed E-state index contributed by atoms with van der Waals surface area (Å²) < 4.78 is 0. The molecule has 4 heteroatoms. The molecule has 1 aliphatic rings. The third-order valence-electron chi connectivity index (χ3n) is 3.72. The molecule has 2 rings (SSSR count). The number of piperidine rings is 1. The van der Waals surface area contributed by atoms with Crippen molar-refractivity contribution < 1.29 is 5.11 Å². The van der Waals surface area contributed by atoms with E-state index in [1.165, 1.54) is 0 Å². The predicted octanol–water partition coefficient (Wildman–Crippen LogP) is 3.30. The van der Waals surface area contributed by atoms with Crippen molar-refractivity contribution in [3.8, 4) is 0 Å². The predicted molar refractivity (Wildman–Crippen MR) is 71.7 cm³/mol. The summed E-state index contributed by atoms with van der Waals surface area (Å²) >= 11 is 11.9. The fourth-order valence-corrected chi connectivity index (χ4v) is 2.67. The number of aliphatic hydroxyl groups is 1. The molecule has 1 fully saturated rings. The Morgan fingerprint density at radius 1 is 1.35 bits per heavy atom. The van der Waals surface area contributed by atoms with Crippen LogP contribution in [0.4, 0.5) is 0 Å². The Balaban J connectivity index is 2.29. The van der Waals surface area contributed by atoms with Crippen molar-refractivity contribution in [2.24, 2.45) is 0 Å². The third kappa shape index (κ3) is 2.60. The van der Waals surface area contributed by atoms with Crippen LogP contribution >= 0.6 is 23.2 Å². The Kier molecular flexibility index (Phi) is 3.69. The van der Waals surface area contributed by atoms with Crippen molar-refractivity contribution in [2.45, 2.75) is 31.4 Å². The molecule has 1 aromatic carbocycles. The lowest BCUT2D eigenvalue weighted by atomic mass is 9.81. The summed E-state index contributed by atoms with van der Waals surface area (Å²) in [5, 5.41) is 11.7. The first kappa shape index (κ1) is 13.2. The first-order valence-corrected chi connectivity index (χ1v) is 6.56. The summed E-state index contributed by atoms with van der Waals surface area (Å²) in [5.74, 6) is 0. The topological polar surface area (TPSA) is 23.5 Å². The highest BCUT2D eigenvalue weighted by Gasteiger charge is 2.36. The molecule has 0 bridgehead atoms. The van der Waals surface area contributed by atoms with Gasteiger partial charge in [-0.2, -0.15) is 0 Å². The van der Waals surface area contributed by atoms with E-state index in [0.717, 1.165) is 24.9 Å². The van der Waals surface area contributed by atoms with Gasteiger partial charge in [0.15, 0.2) is 0 Å². The highest BCUT2D eigenvalue weighted by molar-refractivity contribution is 6.42. The lowest BCUT2D eigenvalue weighted by molar-refractivity contribution is -0.0408. The Labute approximate surface area is 112 Å². The maximum absolute atomic E-state index is 10.7. The first-order valence-electron chi connectivity index (χ1n) is 5.80. The van der Waals surface area contributed by atoms with Crippen LogP contribution in [0.1, 0.15) is 25.3 Å². The van der Waals surface area contributed by atoms with Gasteiger partial charge < -0.3 is 10.0 Å². The summed E-state index contributed by atoms with van der Waals surface area (Å²) in [7, 11) is 2.08. The fraction of sp³-hybridized carbons (Fsp3) is 0.538. The Bertz CT molecular complexity index is 424. The number of benzene rings is 1. The van der Waals surface area contributed by atoms with Gasteiger partial charge in [-0.15, -0.1) is 0 Å². The largest absolute Gasteiger partial charge is 0.385 e. The standard InChI is InChI=1S/C13H17Cl2NO/c1-9-8-13(17,5-6-16(9)2)10-3-4-11(14)12(15)7-10/h3-4,7,9,17H,5-6,8H2,1-2H3. The van der Waals surface area contributed by atoms with Gasteiger partial charge in [-0.1, -0.05) is 29.3 Å². The summed E-state index contributed by atoms with van der Waals surface area (Å²) in [4.78, 5) is 2.26. The molecule has 0 aliphatic carbocycles. The van der Waals surface area contributed by atoms with Crippen LogP contribution in [0.5, 0.6) is 0 Å². The van der Waals surface area contributed by atoms with Crippen molar-refractivity contribution in [1.82, 2.24) is 4.90 Å². The van der Waals surface area contributed by atoms with Gasteiger partial charge in [0.25, 0.3) is 0 Å². The molecule has 0 aromatic heterocycles.